The average molecular weight is 310 g/mol. The largest absolute Gasteiger partial charge is 0.369 e. The van der Waals surface area contributed by atoms with E-state index in [1.165, 1.54) is 19.3 Å². The van der Waals surface area contributed by atoms with E-state index in [1.807, 2.05) is 0 Å². The Morgan fingerprint density at radius 2 is 2.39 bits per heavy atom. The van der Waals surface area contributed by atoms with Gasteiger partial charge in [-0.2, -0.15) is 5.10 Å². The lowest BCUT2D eigenvalue weighted by molar-refractivity contribution is 0.262. The summed E-state index contributed by atoms with van der Waals surface area (Å²) in [5, 5.41) is 7.21. The number of nitrogens with zero attached hydrogens (tertiary/aromatic N) is 2. The van der Waals surface area contributed by atoms with Crippen LogP contribution < -0.4 is 10.9 Å². The number of anilines is 1. The van der Waals surface area contributed by atoms with Crippen LogP contribution in [0.5, 0.6) is 0 Å². The van der Waals surface area contributed by atoms with Gasteiger partial charge >= 0.3 is 0 Å². The molecule has 18 heavy (non-hydrogen) atoms. The highest BCUT2D eigenvalue weighted by Crippen LogP contribution is 2.27. The Kier molecular flexibility index (Phi) is 4.43. The van der Waals surface area contributed by atoms with Crippen molar-refractivity contribution >= 4 is 21.6 Å². The fraction of sp³-hybridized carbons (Fsp3) is 0.538. The summed E-state index contributed by atoms with van der Waals surface area (Å²) in [5.74, 6) is 6.28. The lowest BCUT2D eigenvalue weighted by Crippen LogP contribution is -2.31. The maximum Gasteiger partial charge on any atom is 0.291 e. The fourth-order valence-electron chi connectivity index (χ4n) is 1.90. The molecule has 0 amide bonds. The molecule has 0 aromatic carbocycles. The van der Waals surface area contributed by atoms with Gasteiger partial charge in [0.25, 0.3) is 5.56 Å². The topological polar surface area (TPSA) is 46.9 Å². The molecule has 0 unspecified atom stereocenters. The third-order valence-corrected chi connectivity index (χ3v) is 3.79. The number of rotatable bonds is 4. The van der Waals surface area contributed by atoms with E-state index in [2.05, 4.69) is 38.2 Å². The van der Waals surface area contributed by atoms with Crippen molar-refractivity contribution in [3.8, 4) is 11.8 Å². The highest BCUT2D eigenvalue weighted by Gasteiger charge is 2.19. The number of halogens is 1. The van der Waals surface area contributed by atoms with Crippen molar-refractivity contribution in [3.63, 3.8) is 0 Å². The van der Waals surface area contributed by atoms with Gasteiger partial charge in [-0.3, -0.25) is 4.79 Å². The Balaban J connectivity index is 2.17. The molecule has 1 fully saturated rings. The van der Waals surface area contributed by atoms with Crippen LogP contribution in [0.2, 0.25) is 0 Å². The predicted octanol–water partition coefficient (Wildman–Crippen LogP) is 2.24. The fourth-order valence-corrected chi connectivity index (χ4v) is 2.30. The van der Waals surface area contributed by atoms with Crippen LogP contribution in [0.25, 0.3) is 0 Å². The molecule has 1 saturated carbocycles. The van der Waals surface area contributed by atoms with Crippen LogP contribution in [0.3, 0.4) is 0 Å². The van der Waals surface area contributed by atoms with Crippen LogP contribution in [-0.2, 0) is 6.54 Å². The van der Waals surface area contributed by atoms with E-state index in [4.69, 9.17) is 0 Å². The summed E-state index contributed by atoms with van der Waals surface area (Å²) in [6.45, 7) is 2.97. The van der Waals surface area contributed by atoms with Crippen LogP contribution in [0.15, 0.2) is 15.5 Å². The first-order valence-electron chi connectivity index (χ1n) is 6.11. The molecule has 0 radical (unpaired) electrons. The minimum absolute atomic E-state index is 0.0748. The van der Waals surface area contributed by atoms with Gasteiger partial charge in [0.15, 0.2) is 0 Å². The first-order chi connectivity index (χ1) is 8.72. The number of aromatic nitrogens is 2. The maximum atomic E-state index is 12.2. The third kappa shape index (κ3) is 2.94. The maximum absolute atomic E-state index is 12.2. The number of hydrogen-bond acceptors (Lipinski definition) is 3. The summed E-state index contributed by atoms with van der Waals surface area (Å²) < 4.78 is 2.24. The molecule has 1 aliphatic rings. The van der Waals surface area contributed by atoms with Gasteiger partial charge in [-0.05, 0) is 41.6 Å². The second-order valence-corrected chi connectivity index (χ2v) is 5.29. The zero-order valence-corrected chi connectivity index (χ0v) is 12.0. The quantitative estimate of drug-likeness (QED) is 0.868. The van der Waals surface area contributed by atoms with Crippen LogP contribution >= 0.6 is 15.9 Å². The monoisotopic (exact) mass is 309 g/mol. The van der Waals surface area contributed by atoms with Crippen molar-refractivity contribution in [2.75, 3.05) is 11.9 Å². The van der Waals surface area contributed by atoms with Gasteiger partial charge in [-0.15, -0.1) is 5.92 Å². The molecule has 96 valence electrons. The summed E-state index contributed by atoms with van der Waals surface area (Å²) in [4.78, 5) is 12.2. The van der Waals surface area contributed by atoms with Crippen LogP contribution in [0.4, 0.5) is 5.69 Å². The van der Waals surface area contributed by atoms with E-state index < -0.39 is 0 Å². The lowest BCUT2D eigenvalue weighted by Gasteiger charge is -2.25. The Morgan fingerprint density at radius 1 is 1.61 bits per heavy atom. The molecule has 5 heteroatoms. The van der Waals surface area contributed by atoms with E-state index in [-0.39, 0.29) is 5.56 Å². The molecule has 2 rings (SSSR count). The van der Waals surface area contributed by atoms with E-state index in [9.17, 15) is 4.79 Å². The average Bonchev–Trinajstić information content (AvgIpc) is 2.30. The van der Waals surface area contributed by atoms with Crippen LogP contribution in [0.1, 0.15) is 26.2 Å². The highest BCUT2D eigenvalue weighted by atomic mass is 79.9. The molecule has 1 heterocycles. The second kappa shape index (κ2) is 6.05. The van der Waals surface area contributed by atoms with Gasteiger partial charge in [-0.1, -0.05) is 12.3 Å². The molecule has 1 aliphatic carbocycles. The smallest absolute Gasteiger partial charge is 0.291 e. The molecule has 0 aliphatic heterocycles. The molecule has 0 bridgehead atoms. The summed E-state index contributed by atoms with van der Waals surface area (Å²) in [5.41, 5.74) is 0.473. The van der Waals surface area contributed by atoms with Gasteiger partial charge in [0.1, 0.15) is 5.69 Å². The zero-order chi connectivity index (χ0) is 13.0. The van der Waals surface area contributed by atoms with Gasteiger partial charge in [0.2, 0.25) is 0 Å². The Labute approximate surface area is 115 Å². The van der Waals surface area contributed by atoms with E-state index in [0.717, 1.165) is 6.54 Å². The third-order valence-electron chi connectivity index (χ3n) is 3.18. The molecule has 0 atom stereocenters. The van der Waals surface area contributed by atoms with Crippen molar-refractivity contribution in [1.82, 2.24) is 9.78 Å². The summed E-state index contributed by atoms with van der Waals surface area (Å²) >= 11 is 3.34. The van der Waals surface area contributed by atoms with Crippen molar-refractivity contribution in [1.29, 1.82) is 0 Å². The van der Waals surface area contributed by atoms with E-state index >= 15 is 0 Å². The molecule has 1 N–H and O–H groups in total. The molecule has 1 aromatic heterocycles. The Hall–Kier alpha value is -1.28. The van der Waals surface area contributed by atoms with Crippen molar-refractivity contribution < 1.29 is 0 Å². The van der Waals surface area contributed by atoms with Gasteiger partial charge < -0.3 is 5.32 Å². The van der Waals surface area contributed by atoms with Gasteiger partial charge in [0.05, 0.1) is 17.2 Å². The van der Waals surface area contributed by atoms with Crippen LogP contribution in [-0.4, -0.2) is 16.3 Å². The Morgan fingerprint density at radius 3 is 3.00 bits per heavy atom. The number of nitrogens with one attached hydrogen (secondary N) is 1. The summed E-state index contributed by atoms with van der Waals surface area (Å²) in [6, 6.07) is 0. The lowest BCUT2D eigenvalue weighted by atomic mass is 9.85. The molecular formula is C13H16BrN3O. The zero-order valence-electron chi connectivity index (χ0n) is 10.4. The number of hydrogen-bond donors (Lipinski definition) is 1. The SMILES string of the molecule is CC#CCNc1c(Br)cnn(CC2CCC2)c1=O. The minimum atomic E-state index is -0.0748. The summed E-state index contributed by atoms with van der Waals surface area (Å²) in [7, 11) is 0. The molecule has 4 nitrogen and oxygen atoms in total. The second-order valence-electron chi connectivity index (χ2n) is 4.43. The van der Waals surface area contributed by atoms with Gasteiger partial charge in [0, 0.05) is 6.54 Å². The van der Waals surface area contributed by atoms with Crippen molar-refractivity contribution in [3.05, 3.63) is 21.0 Å². The molecule has 0 spiro atoms. The first-order valence-corrected chi connectivity index (χ1v) is 6.90. The summed E-state index contributed by atoms with van der Waals surface area (Å²) in [6.07, 6.45) is 5.34. The van der Waals surface area contributed by atoms with Gasteiger partial charge in [-0.25, -0.2) is 4.68 Å². The minimum Gasteiger partial charge on any atom is -0.369 e. The highest BCUT2D eigenvalue weighted by molar-refractivity contribution is 9.10. The van der Waals surface area contributed by atoms with E-state index in [0.29, 0.717) is 22.6 Å². The molecular weight excluding hydrogens is 294 g/mol. The van der Waals surface area contributed by atoms with Crippen LogP contribution in [0, 0.1) is 17.8 Å². The normalized spacial score (nSPS) is 14.6. The standard InChI is InChI=1S/C13H16BrN3O/c1-2-3-7-15-12-11(14)8-16-17(13(12)18)9-10-5-4-6-10/h8,10,15H,4-7,9H2,1H3. The first kappa shape index (κ1) is 13.2. The Bertz CT molecular complexity index is 537. The van der Waals surface area contributed by atoms with Crippen molar-refractivity contribution in [2.24, 2.45) is 5.92 Å². The van der Waals surface area contributed by atoms with E-state index in [1.54, 1.807) is 17.8 Å². The molecule has 0 saturated heterocycles. The predicted molar refractivity (Wildman–Crippen MR) is 75.5 cm³/mol. The molecule has 1 aromatic rings. The van der Waals surface area contributed by atoms with Crippen molar-refractivity contribution in [2.45, 2.75) is 32.7 Å².